The second-order valence-electron chi connectivity index (χ2n) is 10.4. The normalized spacial score (nSPS) is 13.1. The van der Waals surface area contributed by atoms with Crippen LogP contribution in [0.1, 0.15) is 129 Å². The molecule has 0 heterocycles. The van der Waals surface area contributed by atoms with Gasteiger partial charge < -0.3 is 19.3 Å². The minimum atomic E-state index is -4.75. The summed E-state index contributed by atoms with van der Waals surface area (Å²) in [4.78, 5) is 42.3. The first-order chi connectivity index (χ1) is 20.3. The third-order valence-corrected chi connectivity index (χ3v) is 6.84. The maximum Gasteiger partial charge on any atom is 0.469 e. The zero-order valence-electron chi connectivity index (χ0n) is 26.1. The lowest BCUT2D eigenvalue weighted by atomic mass is 10.1. The summed E-state index contributed by atoms with van der Waals surface area (Å²) in [7, 11) is -4.75. The van der Waals surface area contributed by atoms with Crippen molar-refractivity contribution in [1.29, 1.82) is 0 Å². The molecule has 0 aliphatic heterocycles. The van der Waals surface area contributed by atoms with Gasteiger partial charge in [-0.05, 0) is 51.4 Å². The summed E-state index contributed by atoms with van der Waals surface area (Å²) in [5.74, 6) is -0.963. The molecule has 0 rings (SSSR count). The van der Waals surface area contributed by atoms with Gasteiger partial charge >= 0.3 is 19.8 Å². The molecule has 0 fully saturated rings. The van der Waals surface area contributed by atoms with E-state index in [0.717, 1.165) is 38.5 Å². The highest BCUT2D eigenvalue weighted by Gasteiger charge is 2.22. The zero-order chi connectivity index (χ0) is 31.2. The molecule has 9 heteroatoms. The van der Waals surface area contributed by atoms with Gasteiger partial charge in [0.25, 0.3) is 0 Å². The van der Waals surface area contributed by atoms with Crippen LogP contribution in [0.3, 0.4) is 0 Å². The largest absolute Gasteiger partial charge is 0.469 e. The Morgan fingerprint density at radius 1 is 0.619 bits per heavy atom. The van der Waals surface area contributed by atoms with E-state index >= 15 is 0 Å². The molecule has 0 saturated heterocycles. The Bertz CT molecular complexity index is 828. The highest BCUT2D eigenvalue weighted by molar-refractivity contribution is 7.46. The van der Waals surface area contributed by atoms with Gasteiger partial charge in [-0.1, -0.05) is 114 Å². The molecule has 0 bridgehead atoms. The third-order valence-electron chi connectivity index (χ3n) is 6.35. The fraction of sp³-hybridized carbons (Fsp3) is 0.697. The number of hydrogen-bond donors (Lipinski definition) is 2. The third kappa shape index (κ3) is 31.0. The molecule has 0 saturated carbocycles. The van der Waals surface area contributed by atoms with Crippen molar-refractivity contribution in [2.75, 3.05) is 13.2 Å². The van der Waals surface area contributed by atoms with Crippen molar-refractivity contribution in [3.05, 3.63) is 48.6 Å². The van der Waals surface area contributed by atoms with Gasteiger partial charge in [0.05, 0.1) is 6.61 Å². The molecule has 0 spiro atoms. The molecule has 0 aromatic rings. The quantitative estimate of drug-likeness (QED) is 0.0389. The molecule has 8 nitrogen and oxygen atoms in total. The standard InChI is InChI=1S/C33H57O8P/c1-3-5-7-9-11-12-13-14-15-16-17-18-19-20-22-24-26-28-33(35)41-31(30-40-42(36,37)38)29-39-32(34)27-25-23-21-10-8-6-4-2/h11-12,14-15,17-18,20,22,31H,3-10,13,16,19,21,23-30H2,1-2H3,(H2,36,37,38)/b12-11+,15-14+,18-17+,22-20+/t31-/m1/s1. The number of rotatable bonds is 28. The highest BCUT2D eigenvalue weighted by atomic mass is 31.2. The number of hydrogen-bond acceptors (Lipinski definition) is 6. The fourth-order valence-corrected chi connectivity index (χ4v) is 4.31. The second-order valence-corrected chi connectivity index (χ2v) is 11.7. The number of carbonyl (C=O) groups excluding carboxylic acids is 2. The predicted molar refractivity (Wildman–Crippen MR) is 170 cm³/mol. The molecule has 0 aromatic carbocycles. The van der Waals surface area contributed by atoms with Crippen LogP contribution in [0, 0.1) is 0 Å². The van der Waals surface area contributed by atoms with E-state index in [1.807, 2.05) is 12.2 Å². The van der Waals surface area contributed by atoms with Crippen molar-refractivity contribution in [2.45, 2.75) is 136 Å². The number of carbonyl (C=O) groups is 2. The van der Waals surface area contributed by atoms with E-state index in [2.05, 4.69) is 54.8 Å². The van der Waals surface area contributed by atoms with E-state index in [1.54, 1.807) is 0 Å². The lowest BCUT2D eigenvalue weighted by Crippen LogP contribution is -2.29. The van der Waals surface area contributed by atoms with Gasteiger partial charge in [-0.25, -0.2) is 4.57 Å². The molecule has 0 amide bonds. The molecule has 242 valence electrons. The molecule has 2 N–H and O–H groups in total. The minimum absolute atomic E-state index is 0.135. The van der Waals surface area contributed by atoms with Gasteiger partial charge in [-0.15, -0.1) is 0 Å². The van der Waals surface area contributed by atoms with Crippen LogP contribution in [-0.2, 0) is 28.2 Å². The number of phosphoric ester groups is 1. The molecule has 0 unspecified atom stereocenters. The SMILES string of the molecule is CCCCC/C=C/C/C=C/C/C=C/C/C=C/CCCC(=O)O[C@H](COC(=O)CCCCCCCCC)COP(=O)(O)O. The molecule has 0 aliphatic rings. The van der Waals surface area contributed by atoms with Crippen LogP contribution >= 0.6 is 7.82 Å². The molecule has 42 heavy (non-hydrogen) atoms. The molecule has 0 aromatic heterocycles. The molecular formula is C33H57O8P. The molecule has 0 radical (unpaired) electrons. The lowest BCUT2D eigenvalue weighted by molar-refractivity contribution is -0.161. The Kier molecular flexibility index (Phi) is 27.7. The Morgan fingerprint density at radius 2 is 1.10 bits per heavy atom. The average molecular weight is 613 g/mol. The van der Waals surface area contributed by atoms with Crippen molar-refractivity contribution in [3.8, 4) is 0 Å². The summed E-state index contributed by atoms with van der Waals surface area (Å²) in [6.45, 7) is 3.52. The Hall–Kier alpha value is -1.99. The summed E-state index contributed by atoms with van der Waals surface area (Å²) in [6.07, 6.45) is 32.9. The molecule has 1 atom stereocenters. The van der Waals surface area contributed by atoms with Gasteiger partial charge in [0.1, 0.15) is 6.61 Å². The number of phosphoric acid groups is 1. The Labute approximate surface area is 254 Å². The summed E-state index contributed by atoms with van der Waals surface area (Å²) < 4.78 is 26.0. The smallest absolute Gasteiger partial charge is 0.462 e. The van der Waals surface area contributed by atoms with Crippen molar-refractivity contribution in [1.82, 2.24) is 0 Å². The highest BCUT2D eigenvalue weighted by Crippen LogP contribution is 2.35. The van der Waals surface area contributed by atoms with Crippen LogP contribution in [0.15, 0.2) is 48.6 Å². The van der Waals surface area contributed by atoms with Crippen molar-refractivity contribution in [3.63, 3.8) is 0 Å². The summed E-state index contributed by atoms with van der Waals surface area (Å²) in [5, 5.41) is 0. The maximum atomic E-state index is 12.2. The van der Waals surface area contributed by atoms with Gasteiger partial charge in [0, 0.05) is 12.8 Å². The first-order valence-electron chi connectivity index (χ1n) is 15.9. The van der Waals surface area contributed by atoms with Gasteiger partial charge in [-0.3, -0.25) is 14.1 Å². The topological polar surface area (TPSA) is 119 Å². The first kappa shape index (κ1) is 40.0. The van der Waals surface area contributed by atoms with E-state index in [4.69, 9.17) is 19.3 Å². The van der Waals surface area contributed by atoms with E-state index in [9.17, 15) is 14.2 Å². The van der Waals surface area contributed by atoms with Crippen LogP contribution in [0.4, 0.5) is 0 Å². The van der Waals surface area contributed by atoms with Crippen LogP contribution in [-0.4, -0.2) is 41.0 Å². The van der Waals surface area contributed by atoms with Gasteiger partial charge in [0.15, 0.2) is 6.10 Å². The van der Waals surface area contributed by atoms with Crippen molar-refractivity contribution < 1.29 is 37.9 Å². The number of ether oxygens (including phenoxy) is 2. The van der Waals surface area contributed by atoms with Crippen molar-refractivity contribution in [2.24, 2.45) is 0 Å². The predicted octanol–water partition coefficient (Wildman–Crippen LogP) is 8.84. The fourth-order valence-electron chi connectivity index (χ4n) is 3.95. The van der Waals surface area contributed by atoms with E-state index in [1.165, 1.54) is 44.9 Å². The zero-order valence-corrected chi connectivity index (χ0v) is 27.0. The Morgan fingerprint density at radius 3 is 1.67 bits per heavy atom. The van der Waals surface area contributed by atoms with Gasteiger partial charge in [-0.2, -0.15) is 0 Å². The van der Waals surface area contributed by atoms with Crippen molar-refractivity contribution >= 4 is 19.8 Å². The monoisotopic (exact) mass is 612 g/mol. The number of esters is 2. The van der Waals surface area contributed by atoms with E-state index < -0.39 is 32.5 Å². The Balaban J connectivity index is 4.15. The molecule has 0 aliphatic carbocycles. The summed E-state index contributed by atoms with van der Waals surface area (Å²) in [6, 6.07) is 0. The van der Waals surface area contributed by atoms with Crippen LogP contribution in [0.5, 0.6) is 0 Å². The first-order valence-corrected chi connectivity index (χ1v) is 17.5. The van der Waals surface area contributed by atoms with E-state index in [0.29, 0.717) is 19.3 Å². The molecular weight excluding hydrogens is 555 g/mol. The maximum absolute atomic E-state index is 12.2. The number of unbranched alkanes of at least 4 members (excludes halogenated alkanes) is 10. The minimum Gasteiger partial charge on any atom is -0.462 e. The van der Waals surface area contributed by atoms with E-state index in [-0.39, 0.29) is 19.4 Å². The lowest BCUT2D eigenvalue weighted by Gasteiger charge is -2.18. The number of allylic oxidation sites excluding steroid dienone is 8. The van der Waals surface area contributed by atoms with Gasteiger partial charge in [0.2, 0.25) is 0 Å². The second kappa shape index (κ2) is 29.1. The van der Waals surface area contributed by atoms with Crippen LogP contribution < -0.4 is 0 Å². The average Bonchev–Trinajstić information content (AvgIpc) is 2.95. The van der Waals surface area contributed by atoms with Crippen LogP contribution in [0.25, 0.3) is 0 Å². The summed E-state index contributed by atoms with van der Waals surface area (Å²) in [5.41, 5.74) is 0. The summed E-state index contributed by atoms with van der Waals surface area (Å²) >= 11 is 0. The van der Waals surface area contributed by atoms with Crippen LogP contribution in [0.2, 0.25) is 0 Å².